The third kappa shape index (κ3) is 4.29. The first-order valence-corrected chi connectivity index (χ1v) is 6.95. The van der Waals surface area contributed by atoms with Gasteiger partial charge < -0.3 is 10.6 Å². The van der Waals surface area contributed by atoms with Crippen LogP contribution in [0.4, 0.5) is 0 Å². The van der Waals surface area contributed by atoms with Crippen molar-refractivity contribution >= 4 is 5.52 Å². The van der Waals surface area contributed by atoms with E-state index in [-0.39, 0.29) is 0 Å². The summed E-state index contributed by atoms with van der Waals surface area (Å²) in [5.74, 6) is 0.722. The quantitative estimate of drug-likeness (QED) is 0.706. The second-order valence-corrected chi connectivity index (χ2v) is 5.20. The maximum atomic E-state index is 4.29. The Bertz CT molecular complexity index is 491. The Kier molecular flexibility index (Phi) is 5.30. The molecule has 2 aromatic rings. The minimum Gasteiger partial charge on any atom is -0.316 e. The average molecular weight is 261 g/mol. The lowest BCUT2D eigenvalue weighted by Crippen LogP contribution is -2.24. The standard InChI is InChI=1S/C14H23N5/c1-12(2)8-15-4-3-5-16-9-13-10-18-19-7-6-17-11-14(13)19/h6-7,10-12,15-16H,3-5,8-9H2,1-2H3. The molecular formula is C14H23N5. The highest BCUT2D eigenvalue weighted by Gasteiger charge is 2.02. The van der Waals surface area contributed by atoms with Crippen LogP contribution in [0.25, 0.3) is 5.52 Å². The first-order chi connectivity index (χ1) is 9.27. The molecule has 0 aliphatic rings. The van der Waals surface area contributed by atoms with Gasteiger partial charge in [0.25, 0.3) is 0 Å². The molecule has 19 heavy (non-hydrogen) atoms. The van der Waals surface area contributed by atoms with Crippen molar-refractivity contribution in [3.8, 4) is 0 Å². The molecule has 2 aromatic heterocycles. The molecule has 0 saturated heterocycles. The van der Waals surface area contributed by atoms with E-state index in [2.05, 4.69) is 34.6 Å². The highest BCUT2D eigenvalue weighted by atomic mass is 15.2. The van der Waals surface area contributed by atoms with E-state index in [0.717, 1.165) is 44.0 Å². The van der Waals surface area contributed by atoms with Gasteiger partial charge in [0.1, 0.15) is 0 Å². The van der Waals surface area contributed by atoms with Crippen molar-refractivity contribution in [3.63, 3.8) is 0 Å². The van der Waals surface area contributed by atoms with E-state index in [1.807, 2.05) is 23.1 Å². The molecule has 5 heteroatoms. The normalized spacial score (nSPS) is 11.5. The van der Waals surface area contributed by atoms with Crippen molar-refractivity contribution in [2.45, 2.75) is 26.8 Å². The van der Waals surface area contributed by atoms with Crippen LogP contribution in [0.1, 0.15) is 25.8 Å². The summed E-state index contributed by atoms with van der Waals surface area (Å²) in [5.41, 5.74) is 2.27. The van der Waals surface area contributed by atoms with Gasteiger partial charge in [0, 0.05) is 24.5 Å². The van der Waals surface area contributed by atoms with Crippen molar-refractivity contribution in [3.05, 3.63) is 30.4 Å². The van der Waals surface area contributed by atoms with Crippen LogP contribution >= 0.6 is 0 Å². The second-order valence-electron chi connectivity index (χ2n) is 5.20. The van der Waals surface area contributed by atoms with Gasteiger partial charge in [-0.05, 0) is 32.0 Å². The fourth-order valence-corrected chi connectivity index (χ4v) is 1.97. The number of hydrogen-bond acceptors (Lipinski definition) is 4. The third-order valence-electron chi connectivity index (χ3n) is 2.98. The highest BCUT2D eigenvalue weighted by molar-refractivity contribution is 5.51. The molecule has 2 N–H and O–H groups in total. The summed E-state index contributed by atoms with van der Waals surface area (Å²) in [7, 11) is 0. The number of nitrogens with one attached hydrogen (secondary N) is 2. The van der Waals surface area contributed by atoms with E-state index < -0.39 is 0 Å². The van der Waals surface area contributed by atoms with Crippen molar-refractivity contribution in [2.24, 2.45) is 5.92 Å². The van der Waals surface area contributed by atoms with Crippen molar-refractivity contribution in [1.29, 1.82) is 0 Å². The Hall–Kier alpha value is -1.46. The average Bonchev–Trinajstić information content (AvgIpc) is 2.81. The molecular weight excluding hydrogens is 238 g/mol. The summed E-state index contributed by atoms with van der Waals surface area (Å²) in [6.07, 6.45) is 8.52. The van der Waals surface area contributed by atoms with Crippen molar-refractivity contribution in [2.75, 3.05) is 19.6 Å². The molecule has 0 fully saturated rings. The van der Waals surface area contributed by atoms with Gasteiger partial charge in [0.05, 0.1) is 17.9 Å². The van der Waals surface area contributed by atoms with Gasteiger partial charge in [0.2, 0.25) is 0 Å². The lowest BCUT2D eigenvalue weighted by atomic mass is 10.2. The molecule has 0 aliphatic heterocycles. The van der Waals surface area contributed by atoms with E-state index in [0.29, 0.717) is 0 Å². The molecule has 0 amide bonds. The number of aromatic nitrogens is 3. The van der Waals surface area contributed by atoms with Crippen LogP contribution in [0.15, 0.2) is 24.8 Å². The maximum absolute atomic E-state index is 4.29. The fourth-order valence-electron chi connectivity index (χ4n) is 1.97. The Morgan fingerprint density at radius 2 is 2.05 bits per heavy atom. The molecule has 0 spiro atoms. The van der Waals surface area contributed by atoms with Crippen LogP contribution in [0.3, 0.4) is 0 Å². The summed E-state index contributed by atoms with van der Waals surface area (Å²) < 4.78 is 1.86. The van der Waals surface area contributed by atoms with Gasteiger partial charge in [-0.1, -0.05) is 13.8 Å². The van der Waals surface area contributed by atoms with Gasteiger partial charge in [0.15, 0.2) is 0 Å². The van der Waals surface area contributed by atoms with Crippen LogP contribution in [-0.4, -0.2) is 34.2 Å². The molecule has 2 rings (SSSR count). The molecule has 104 valence electrons. The summed E-state index contributed by atoms with van der Waals surface area (Å²) >= 11 is 0. The Balaban J connectivity index is 1.66. The zero-order valence-corrected chi connectivity index (χ0v) is 11.8. The summed E-state index contributed by atoms with van der Waals surface area (Å²) in [5, 5.41) is 11.2. The molecule has 2 heterocycles. The predicted octanol–water partition coefficient (Wildman–Crippen LogP) is 1.45. The summed E-state index contributed by atoms with van der Waals surface area (Å²) in [6, 6.07) is 0. The maximum Gasteiger partial charge on any atom is 0.0889 e. The van der Waals surface area contributed by atoms with E-state index in [1.165, 1.54) is 5.56 Å². The fraction of sp³-hybridized carbons (Fsp3) is 0.571. The van der Waals surface area contributed by atoms with Crippen LogP contribution in [0.5, 0.6) is 0 Å². The van der Waals surface area contributed by atoms with Crippen LogP contribution in [0, 0.1) is 5.92 Å². The Labute approximate surface area is 114 Å². The minimum absolute atomic E-state index is 0.722. The number of nitrogens with zero attached hydrogens (tertiary/aromatic N) is 3. The molecule has 0 unspecified atom stereocenters. The van der Waals surface area contributed by atoms with Crippen molar-refractivity contribution in [1.82, 2.24) is 25.2 Å². The highest BCUT2D eigenvalue weighted by Crippen LogP contribution is 2.07. The van der Waals surface area contributed by atoms with Gasteiger partial charge >= 0.3 is 0 Å². The monoisotopic (exact) mass is 261 g/mol. The molecule has 0 bridgehead atoms. The number of hydrogen-bond donors (Lipinski definition) is 2. The molecule has 0 aliphatic carbocycles. The van der Waals surface area contributed by atoms with Crippen LogP contribution < -0.4 is 10.6 Å². The minimum atomic E-state index is 0.722. The van der Waals surface area contributed by atoms with E-state index in [4.69, 9.17) is 0 Å². The van der Waals surface area contributed by atoms with Gasteiger partial charge in [-0.25, -0.2) is 4.52 Å². The van der Waals surface area contributed by atoms with E-state index >= 15 is 0 Å². The Morgan fingerprint density at radius 1 is 1.21 bits per heavy atom. The predicted molar refractivity (Wildman–Crippen MR) is 77.0 cm³/mol. The lowest BCUT2D eigenvalue weighted by Gasteiger charge is -2.07. The second kappa shape index (κ2) is 7.21. The smallest absolute Gasteiger partial charge is 0.0889 e. The van der Waals surface area contributed by atoms with Gasteiger partial charge in [-0.2, -0.15) is 5.10 Å². The zero-order chi connectivity index (χ0) is 13.5. The van der Waals surface area contributed by atoms with E-state index in [9.17, 15) is 0 Å². The largest absolute Gasteiger partial charge is 0.316 e. The molecule has 0 atom stereocenters. The number of rotatable bonds is 8. The summed E-state index contributed by atoms with van der Waals surface area (Å²) in [6.45, 7) is 8.48. The number of fused-ring (bicyclic) bond motifs is 1. The van der Waals surface area contributed by atoms with Gasteiger partial charge in [-0.3, -0.25) is 4.98 Å². The Morgan fingerprint density at radius 3 is 2.89 bits per heavy atom. The third-order valence-corrected chi connectivity index (χ3v) is 2.98. The first-order valence-electron chi connectivity index (χ1n) is 6.95. The molecule has 5 nitrogen and oxygen atoms in total. The SMILES string of the molecule is CC(C)CNCCCNCc1cnn2ccncc12. The van der Waals surface area contributed by atoms with Crippen molar-refractivity contribution < 1.29 is 0 Å². The molecule has 0 saturated carbocycles. The molecule has 0 radical (unpaired) electrons. The lowest BCUT2D eigenvalue weighted by molar-refractivity contribution is 0.530. The zero-order valence-electron chi connectivity index (χ0n) is 11.8. The van der Waals surface area contributed by atoms with Gasteiger partial charge in [-0.15, -0.1) is 0 Å². The van der Waals surface area contributed by atoms with E-state index in [1.54, 1.807) is 6.20 Å². The van der Waals surface area contributed by atoms with Crippen LogP contribution in [0.2, 0.25) is 0 Å². The topological polar surface area (TPSA) is 54.2 Å². The first kappa shape index (κ1) is 14.0. The van der Waals surface area contributed by atoms with Crippen LogP contribution in [-0.2, 0) is 6.54 Å². The summed E-state index contributed by atoms with van der Waals surface area (Å²) in [4.78, 5) is 4.13. The molecule has 0 aromatic carbocycles.